The number of likely N-dealkylation sites (tertiary alicyclic amines) is 1. The van der Waals surface area contributed by atoms with Gasteiger partial charge in [0.15, 0.2) is 0 Å². The number of piperidine rings is 1. The van der Waals surface area contributed by atoms with E-state index >= 15 is 0 Å². The number of nitriles is 1. The predicted molar refractivity (Wildman–Crippen MR) is 132 cm³/mol. The summed E-state index contributed by atoms with van der Waals surface area (Å²) in [5.74, 6) is 2.35. The van der Waals surface area contributed by atoms with E-state index in [4.69, 9.17) is 14.7 Å². The normalized spacial score (nSPS) is 17.1. The average molecular weight is 465 g/mol. The van der Waals surface area contributed by atoms with Crippen LogP contribution in [0, 0.1) is 11.3 Å². The summed E-state index contributed by atoms with van der Waals surface area (Å²) in [6, 6.07) is 17.2. The molecule has 33 heavy (non-hydrogen) atoms. The van der Waals surface area contributed by atoms with Crippen molar-refractivity contribution in [2.45, 2.75) is 63.4 Å². The minimum absolute atomic E-state index is 0.185. The summed E-state index contributed by atoms with van der Waals surface area (Å²) in [4.78, 5) is 14.2. The third-order valence-electron chi connectivity index (χ3n) is 6.29. The van der Waals surface area contributed by atoms with Gasteiger partial charge in [-0.25, -0.2) is 4.79 Å². The van der Waals surface area contributed by atoms with E-state index in [-0.39, 0.29) is 11.7 Å². The molecule has 0 N–H and O–H groups in total. The lowest BCUT2D eigenvalue weighted by molar-refractivity contribution is -0.0272. The van der Waals surface area contributed by atoms with Crippen molar-refractivity contribution in [3.8, 4) is 22.9 Å². The number of thioether (sulfide) groups is 1. The second kappa shape index (κ2) is 9.69. The molecule has 2 aromatic carbocycles. The molecule has 1 fully saturated rings. The van der Waals surface area contributed by atoms with E-state index < -0.39 is 5.60 Å². The molecule has 1 spiro atoms. The molecular weight excluding hydrogens is 432 g/mol. The standard InChI is InChI=1S/C27H32N2O3S/c1-26(2,3)32-25(30)29-15-12-27(13-16-29)11-10-23-18-22(8-9-24(23)31-27)21-6-4-20(5-7-21)19-33-17-14-28/h4-9,18H,10-13,15-17,19H2,1-3H3. The number of amides is 1. The number of carbonyl (C=O) groups excluding carboxylic acids is 1. The van der Waals surface area contributed by atoms with Crippen LogP contribution in [0.3, 0.4) is 0 Å². The van der Waals surface area contributed by atoms with Crippen LogP contribution in [0.2, 0.25) is 0 Å². The summed E-state index contributed by atoms with van der Waals surface area (Å²) in [7, 11) is 0. The molecule has 174 valence electrons. The van der Waals surface area contributed by atoms with E-state index in [9.17, 15) is 4.79 Å². The van der Waals surface area contributed by atoms with Crippen molar-refractivity contribution in [3.63, 3.8) is 0 Å². The van der Waals surface area contributed by atoms with Gasteiger partial charge in [-0.05, 0) is 68.0 Å². The molecule has 1 amide bonds. The molecule has 6 heteroatoms. The summed E-state index contributed by atoms with van der Waals surface area (Å²) < 4.78 is 12.1. The van der Waals surface area contributed by atoms with Crippen molar-refractivity contribution < 1.29 is 14.3 Å². The van der Waals surface area contributed by atoms with E-state index in [0.29, 0.717) is 18.8 Å². The third-order valence-corrected chi connectivity index (χ3v) is 7.16. The van der Waals surface area contributed by atoms with Gasteiger partial charge in [-0.3, -0.25) is 0 Å². The van der Waals surface area contributed by atoms with Crippen molar-refractivity contribution in [2.75, 3.05) is 18.8 Å². The molecule has 0 unspecified atom stereocenters. The molecule has 0 aliphatic carbocycles. The van der Waals surface area contributed by atoms with Crippen molar-refractivity contribution in [3.05, 3.63) is 53.6 Å². The highest BCUT2D eigenvalue weighted by molar-refractivity contribution is 7.98. The number of hydrogen-bond acceptors (Lipinski definition) is 5. The van der Waals surface area contributed by atoms with Crippen LogP contribution in [0.5, 0.6) is 5.75 Å². The average Bonchev–Trinajstić information content (AvgIpc) is 2.79. The molecule has 0 atom stereocenters. The minimum atomic E-state index is -0.471. The largest absolute Gasteiger partial charge is 0.487 e. The lowest BCUT2D eigenvalue weighted by atomic mass is 9.82. The number of fused-ring (bicyclic) bond motifs is 1. The first-order valence-corrected chi connectivity index (χ1v) is 12.8. The highest BCUT2D eigenvalue weighted by Gasteiger charge is 2.41. The van der Waals surface area contributed by atoms with E-state index in [1.54, 1.807) is 16.7 Å². The predicted octanol–water partition coefficient (Wildman–Crippen LogP) is 6.21. The van der Waals surface area contributed by atoms with Gasteiger partial charge in [0.05, 0.1) is 11.8 Å². The van der Waals surface area contributed by atoms with Gasteiger partial charge in [-0.1, -0.05) is 30.3 Å². The fourth-order valence-corrected chi connectivity index (χ4v) is 5.11. The molecule has 2 heterocycles. The fraction of sp³-hybridized carbons (Fsp3) is 0.481. The lowest BCUT2D eigenvalue weighted by Gasteiger charge is -2.44. The van der Waals surface area contributed by atoms with Crippen LogP contribution in [0.4, 0.5) is 4.79 Å². The van der Waals surface area contributed by atoms with Gasteiger partial charge in [0, 0.05) is 31.7 Å². The Kier molecular flexibility index (Phi) is 6.90. The quantitative estimate of drug-likeness (QED) is 0.504. The maximum absolute atomic E-state index is 12.4. The number of aryl methyl sites for hydroxylation is 1. The van der Waals surface area contributed by atoms with Crippen molar-refractivity contribution >= 4 is 17.9 Å². The maximum atomic E-state index is 12.4. The van der Waals surface area contributed by atoms with Gasteiger partial charge in [-0.2, -0.15) is 5.26 Å². The van der Waals surface area contributed by atoms with E-state index in [2.05, 4.69) is 48.5 Å². The van der Waals surface area contributed by atoms with Crippen LogP contribution in [0.15, 0.2) is 42.5 Å². The first kappa shape index (κ1) is 23.5. The van der Waals surface area contributed by atoms with Crippen LogP contribution in [-0.4, -0.2) is 41.0 Å². The lowest BCUT2D eigenvalue weighted by Crippen LogP contribution is -2.52. The summed E-state index contributed by atoms with van der Waals surface area (Å²) in [6.45, 7) is 7.03. The van der Waals surface area contributed by atoms with Gasteiger partial charge in [0.1, 0.15) is 17.0 Å². The minimum Gasteiger partial charge on any atom is -0.487 e. The van der Waals surface area contributed by atoms with Gasteiger partial charge < -0.3 is 14.4 Å². The molecule has 0 radical (unpaired) electrons. The second-order valence-electron chi connectivity index (χ2n) is 9.92. The number of carbonyl (C=O) groups is 1. The van der Waals surface area contributed by atoms with Crippen molar-refractivity contribution in [2.24, 2.45) is 0 Å². The molecule has 0 bridgehead atoms. The number of rotatable bonds is 4. The van der Waals surface area contributed by atoms with Crippen LogP contribution >= 0.6 is 11.8 Å². The van der Waals surface area contributed by atoms with E-state index in [0.717, 1.165) is 37.2 Å². The molecule has 5 nitrogen and oxygen atoms in total. The van der Waals surface area contributed by atoms with Crippen LogP contribution < -0.4 is 4.74 Å². The van der Waals surface area contributed by atoms with Crippen LogP contribution in [0.1, 0.15) is 51.2 Å². The van der Waals surface area contributed by atoms with Gasteiger partial charge in [0.2, 0.25) is 0 Å². The molecule has 2 aliphatic rings. The Bertz CT molecular complexity index is 1030. The SMILES string of the molecule is CC(C)(C)OC(=O)N1CCC2(CCc3cc(-c4ccc(CSCC#N)cc4)ccc3O2)CC1. The third kappa shape index (κ3) is 5.83. The zero-order chi connectivity index (χ0) is 23.5. The fourth-order valence-electron chi connectivity index (χ4n) is 4.48. The summed E-state index contributed by atoms with van der Waals surface area (Å²) >= 11 is 1.63. The summed E-state index contributed by atoms with van der Waals surface area (Å²) in [5, 5.41) is 8.68. The first-order chi connectivity index (χ1) is 15.8. The number of benzene rings is 2. The van der Waals surface area contributed by atoms with Gasteiger partial charge in [-0.15, -0.1) is 11.8 Å². The Morgan fingerprint density at radius 2 is 1.82 bits per heavy atom. The first-order valence-electron chi connectivity index (χ1n) is 11.6. The van der Waals surface area contributed by atoms with Gasteiger partial charge in [0.25, 0.3) is 0 Å². The molecule has 2 aromatic rings. The molecule has 4 rings (SSSR count). The highest BCUT2D eigenvalue weighted by atomic mass is 32.2. The Hall–Kier alpha value is -2.65. The molecule has 0 saturated carbocycles. The van der Waals surface area contributed by atoms with Crippen molar-refractivity contribution in [1.82, 2.24) is 4.90 Å². The summed E-state index contributed by atoms with van der Waals surface area (Å²) in [5.41, 5.74) is 4.22. The molecule has 2 aliphatic heterocycles. The topological polar surface area (TPSA) is 62.6 Å². The Morgan fingerprint density at radius 3 is 2.48 bits per heavy atom. The van der Waals surface area contributed by atoms with E-state index in [1.165, 1.54) is 22.3 Å². The zero-order valence-corrected chi connectivity index (χ0v) is 20.5. The second-order valence-corrected chi connectivity index (χ2v) is 10.9. The van der Waals surface area contributed by atoms with Crippen LogP contribution in [0.25, 0.3) is 11.1 Å². The Balaban J connectivity index is 1.38. The number of nitrogens with zero attached hydrogens (tertiary/aromatic N) is 2. The number of hydrogen-bond donors (Lipinski definition) is 0. The monoisotopic (exact) mass is 464 g/mol. The summed E-state index contributed by atoms with van der Waals surface area (Å²) in [6.07, 6.45) is 3.39. The Labute approximate surface area is 201 Å². The maximum Gasteiger partial charge on any atom is 0.410 e. The molecule has 1 saturated heterocycles. The van der Waals surface area contributed by atoms with Gasteiger partial charge >= 0.3 is 6.09 Å². The smallest absolute Gasteiger partial charge is 0.410 e. The highest BCUT2D eigenvalue weighted by Crippen LogP contribution is 2.41. The molecule has 0 aromatic heterocycles. The number of ether oxygens (including phenoxy) is 2. The van der Waals surface area contributed by atoms with Crippen molar-refractivity contribution in [1.29, 1.82) is 5.26 Å². The van der Waals surface area contributed by atoms with E-state index in [1.807, 2.05) is 20.8 Å². The zero-order valence-electron chi connectivity index (χ0n) is 19.7. The molecular formula is C27H32N2O3S. The Morgan fingerprint density at radius 1 is 1.12 bits per heavy atom. The van der Waals surface area contributed by atoms with Crippen LogP contribution in [-0.2, 0) is 16.9 Å².